The van der Waals surface area contributed by atoms with Crippen molar-refractivity contribution in [2.24, 2.45) is 0 Å². The summed E-state index contributed by atoms with van der Waals surface area (Å²) in [4.78, 5) is 9.13. The summed E-state index contributed by atoms with van der Waals surface area (Å²) in [6, 6.07) is 1.99. The number of imidazole rings is 1. The van der Waals surface area contributed by atoms with Gasteiger partial charge in [-0.3, -0.25) is 0 Å². The molecule has 2 aromatic heterocycles. The second-order valence-corrected chi connectivity index (χ2v) is 6.69. The van der Waals surface area contributed by atoms with Gasteiger partial charge in [0.25, 0.3) is 0 Å². The highest BCUT2D eigenvalue weighted by Gasteiger charge is 2.16. The van der Waals surface area contributed by atoms with Crippen LogP contribution in [-0.4, -0.2) is 33.1 Å². The van der Waals surface area contributed by atoms with Gasteiger partial charge in [0, 0.05) is 29.5 Å². The van der Waals surface area contributed by atoms with Crippen molar-refractivity contribution in [1.82, 2.24) is 14.5 Å². The molecule has 1 saturated carbocycles. The molecule has 6 heteroatoms. The third-order valence-electron chi connectivity index (χ3n) is 3.92. The van der Waals surface area contributed by atoms with Crippen LogP contribution in [-0.2, 0) is 17.7 Å². The summed E-state index contributed by atoms with van der Waals surface area (Å²) in [6.07, 6.45) is 7.99. The Morgan fingerprint density at radius 3 is 2.95 bits per heavy atom. The summed E-state index contributed by atoms with van der Waals surface area (Å²) in [5, 5.41) is 0. The summed E-state index contributed by atoms with van der Waals surface area (Å²) in [5.41, 5.74) is 1.82. The molecule has 0 aliphatic heterocycles. The summed E-state index contributed by atoms with van der Waals surface area (Å²) < 4.78 is 9.05. The SMILES string of the molecule is ClCCc1nc2cc(Br)cnc2n1CCOC1CCCC1. The van der Waals surface area contributed by atoms with Crippen LogP contribution >= 0.6 is 27.5 Å². The Kier molecular flexibility index (Phi) is 5.14. The Balaban J connectivity index is 1.76. The Bertz CT molecular complexity index is 610. The van der Waals surface area contributed by atoms with Crippen LogP contribution in [0.15, 0.2) is 16.7 Å². The summed E-state index contributed by atoms with van der Waals surface area (Å²) >= 11 is 9.33. The highest BCUT2D eigenvalue weighted by atomic mass is 79.9. The maximum absolute atomic E-state index is 5.96. The first-order chi connectivity index (χ1) is 10.3. The molecule has 2 aromatic rings. The Hall–Kier alpha value is -0.650. The molecule has 0 amide bonds. The zero-order chi connectivity index (χ0) is 14.7. The van der Waals surface area contributed by atoms with E-state index in [0.29, 0.717) is 18.6 Å². The third-order valence-corrected chi connectivity index (χ3v) is 4.54. The van der Waals surface area contributed by atoms with Crippen molar-refractivity contribution in [3.8, 4) is 0 Å². The lowest BCUT2D eigenvalue weighted by Crippen LogP contribution is -2.15. The molecule has 2 heterocycles. The maximum atomic E-state index is 5.96. The Morgan fingerprint density at radius 2 is 2.19 bits per heavy atom. The molecule has 0 saturated heterocycles. The van der Waals surface area contributed by atoms with Crippen molar-refractivity contribution in [2.75, 3.05) is 12.5 Å². The van der Waals surface area contributed by atoms with Crippen LogP contribution in [0.5, 0.6) is 0 Å². The van der Waals surface area contributed by atoms with Gasteiger partial charge in [0.2, 0.25) is 0 Å². The molecule has 1 fully saturated rings. The van der Waals surface area contributed by atoms with E-state index in [1.807, 2.05) is 12.3 Å². The summed E-state index contributed by atoms with van der Waals surface area (Å²) in [5.74, 6) is 1.55. The van der Waals surface area contributed by atoms with Gasteiger partial charge < -0.3 is 9.30 Å². The molecule has 0 radical (unpaired) electrons. The maximum Gasteiger partial charge on any atom is 0.160 e. The summed E-state index contributed by atoms with van der Waals surface area (Å²) in [6.45, 7) is 1.50. The van der Waals surface area contributed by atoms with E-state index >= 15 is 0 Å². The number of aromatic nitrogens is 3. The number of hydrogen-bond acceptors (Lipinski definition) is 3. The molecule has 0 N–H and O–H groups in total. The first-order valence-electron chi connectivity index (χ1n) is 7.46. The molecule has 4 nitrogen and oxygen atoms in total. The van der Waals surface area contributed by atoms with E-state index < -0.39 is 0 Å². The van der Waals surface area contributed by atoms with E-state index in [1.165, 1.54) is 25.7 Å². The molecule has 1 aliphatic rings. The van der Waals surface area contributed by atoms with Crippen molar-refractivity contribution >= 4 is 38.7 Å². The molecular weight excluding hydrogens is 354 g/mol. The number of ether oxygens (including phenoxy) is 1. The van der Waals surface area contributed by atoms with Crippen LogP contribution in [0.4, 0.5) is 0 Å². The third kappa shape index (κ3) is 3.58. The number of alkyl halides is 1. The zero-order valence-electron chi connectivity index (χ0n) is 11.9. The molecule has 114 valence electrons. The van der Waals surface area contributed by atoms with Gasteiger partial charge in [-0.25, -0.2) is 9.97 Å². The molecule has 1 aliphatic carbocycles. The number of aryl methyl sites for hydroxylation is 1. The lowest BCUT2D eigenvalue weighted by Gasteiger charge is -2.13. The standard InChI is InChI=1S/C15H19BrClN3O/c16-11-9-13-15(18-10-11)20(14(19-13)5-6-17)7-8-21-12-3-1-2-4-12/h9-10,12H,1-8H2. The van der Waals surface area contributed by atoms with Crippen molar-refractivity contribution in [3.63, 3.8) is 0 Å². The van der Waals surface area contributed by atoms with Crippen LogP contribution < -0.4 is 0 Å². The lowest BCUT2D eigenvalue weighted by molar-refractivity contribution is 0.0530. The predicted octanol–water partition coefficient (Wildman–Crippen LogP) is 3.93. The molecule has 0 spiro atoms. The van der Waals surface area contributed by atoms with E-state index in [0.717, 1.165) is 34.4 Å². The normalized spacial score (nSPS) is 16.1. The number of pyridine rings is 1. The minimum atomic E-state index is 0.443. The molecule has 0 atom stereocenters. The zero-order valence-corrected chi connectivity index (χ0v) is 14.2. The minimum absolute atomic E-state index is 0.443. The van der Waals surface area contributed by atoms with Crippen LogP contribution in [0.1, 0.15) is 31.5 Å². The van der Waals surface area contributed by atoms with Crippen LogP contribution in [0.3, 0.4) is 0 Å². The van der Waals surface area contributed by atoms with Gasteiger partial charge in [-0.15, -0.1) is 11.6 Å². The second kappa shape index (κ2) is 7.07. The monoisotopic (exact) mass is 371 g/mol. The van der Waals surface area contributed by atoms with Gasteiger partial charge >= 0.3 is 0 Å². The Morgan fingerprint density at radius 1 is 1.38 bits per heavy atom. The van der Waals surface area contributed by atoms with Crippen molar-refractivity contribution < 1.29 is 4.74 Å². The van der Waals surface area contributed by atoms with E-state index in [9.17, 15) is 0 Å². The van der Waals surface area contributed by atoms with Crippen molar-refractivity contribution in [1.29, 1.82) is 0 Å². The average Bonchev–Trinajstić information content (AvgIpc) is 3.08. The predicted molar refractivity (Wildman–Crippen MR) is 87.9 cm³/mol. The van der Waals surface area contributed by atoms with Gasteiger partial charge in [0.15, 0.2) is 5.65 Å². The molecule has 3 rings (SSSR count). The van der Waals surface area contributed by atoms with E-state index in [2.05, 4.69) is 30.5 Å². The molecular formula is C15H19BrClN3O. The average molecular weight is 373 g/mol. The van der Waals surface area contributed by atoms with Crippen LogP contribution in [0.25, 0.3) is 11.2 Å². The fourth-order valence-electron chi connectivity index (χ4n) is 2.91. The lowest BCUT2D eigenvalue weighted by atomic mass is 10.3. The number of hydrogen-bond donors (Lipinski definition) is 0. The van der Waals surface area contributed by atoms with Crippen LogP contribution in [0.2, 0.25) is 0 Å². The molecule has 0 bridgehead atoms. The van der Waals surface area contributed by atoms with Gasteiger partial charge in [-0.2, -0.15) is 0 Å². The van der Waals surface area contributed by atoms with Crippen molar-refractivity contribution in [2.45, 2.75) is 44.8 Å². The highest BCUT2D eigenvalue weighted by Crippen LogP contribution is 2.22. The number of halogens is 2. The van der Waals surface area contributed by atoms with Gasteiger partial charge in [0.1, 0.15) is 11.3 Å². The first kappa shape index (κ1) is 15.3. The first-order valence-corrected chi connectivity index (χ1v) is 8.79. The minimum Gasteiger partial charge on any atom is -0.376 e. The van der Waals surface area contributed by atoms with Gasteiger partial charge in [0.05, 0.1) is 12.7 Å². The fourth-order valence-corrected chi connectivity index (χ4v) is 3.40. The van der Waals surface area contributed by atoms with E-state index in [1.54, 1.807) is 0 Å². The molecule has 0 aromatic carbocycles. The largest absolute Gasteiger partial charge is 0.376 e. The second-order valence-electron chi connectivity index (χ2n) is 5.39. The fraction of sp³-hybridized carbons (Fsp3) is 0.600. The quantitative estimate of drug-likeness (QED) is 0.721. The topological polar surface area (TPSA) is 39.9 Å². The van der Waals surface area contributed by atoms with Crippen molar-refractivity contribution in [3.05, 3.63) is 22.6 Å². The number of rotatable bonds is 6. The van der Waals surface area contributed by atoms with Gasteiger partial charge in [-0.1, -0.05) is 12.8 Å². The Labute approximate surface area is 138 Å². The van der Waals surface area contributed by atoms with E-state index in [4.69, 9.17) is 16.3 Å². The smallest absolute Gasteiger partial charge is 0.160 e. The van der Waals surface area contributed by atoms with Crippen LogP contribution in [0, 0.1) is 0 Å². The summed E-state index contributed by atoms with van der Waals surface area (Å²) in [7, 11) is 0. The molecule has 21 heavy (non-hydrogen) atoms. The number of nitrogens with zero attached hydrogens (tertiary/aromatic N) is 3. The highest BCUT2D eigenvalue weighted by molar-refractivity contribution is 9.10. The molecule has 0 unspecified atom stereocenters. The van der Waals surface area contributed by atoms with E-state index in [-0.39, 0.29) is 0 Å². The number of fused-ring (bicyclic) bond motifs is 1. The van der Waals surface area contributed by atoms with Gasteiger partial charge in [-0.05, 0) is 34.8 Å².